The second kappa shape index (κ2) is 38.1. The molecule has 2 aromatic rings. The third-order valence-electron chi connectivity index (χ3n) is 10.9. The Balaban J connectivity index is 1.73. The zero-order chi connectivity index (χ0) is 43.1. The minimum Gasteiger partial charge on any atom is -0.461 e. The molecule has 8 nitrogen and oxygen atoms in total. The highest BCUT2D eigenvalue weighted by atomic mass is 31.2. The summed E-state index contributed by atoms with van der Waals surface area (Å²) < 4.78 is 21.0. The van der Waals surface area contributed by atoms with Gasteiger partial charge in [-0.1, -0.05) is 203 Å². The first-order chi connectivity index (χ1) is 29.5. The van der Waals surface area contributed by atoms with Gasteiger partial charge in [-0.3, -0.25) is 19.1 Å². The molecule has 2 rings (SSSR count). The molecular weight excluding hydrogens is 768 g/mol. The Hall–Kier alpha value is -2.64. The number of unbranched alkanes of at least 4 members (excludes halogenated alkanes) is 20. The van der Waals surface area contributed by atoms with Gasteiger partial charge in [0.1, 0.15) is 6.61 Å². The normalized spacial score (nSPS) is 12.4. The van der Waals surface area contributed by atoms with E-state index in [0.717, 1.165) is 88.5 Å². The summed E-state index contributed by atoms with van der Waals surface area (Å²) in [6.07, 6.45) is 28.9. The van der Waals surface area contributed by atoms with Gasteiger partial charge in [0.25, 0.3) is 0 Å². The van der Waals surface area contributed by atoms with Crippen molar-refractivity contribution in [1.29, 1.82) is 0 Å². The van der Waals surface area contributed by atoms with Crippen LogP contribution in [0.5, 0.6) is 0 Å². The molecule has 0 fully saturated rings. The molecule has 0 radical (unpaired) electrons. The van der Waals surface area contributed by atoms with Gasteiger partial charge in [-0.05, 0) is 44.2 Å². The van der Waals surface area contributed by atoms with E-state index in [1.54, 1.807) is 0 Å². The van der Waals surface area contributed by atoms with E-state index >= 15 is 0 Å². The molecule has 2 atom stereocenters. The number of rotatable bonds is 41. The first-order valence-corrected chi connectivity index (χ1v) is 25.6. The standard InChI is InChI=1S/C51H85N2O6P/c1-4-7-8-9-10-11-12-13-14-16-20-23-32-39-50(56)59-51(60(53(41-5-2)42-6-3)58-44-46-34-27-25-28-35-46)45-57-49(55)38-31-22-19-17-15-18-21-24-33-40-52-43-48(54)47-36-29-26-30-37-47/h25-30,34-37,51-52H,4-24,31-33,38-45H2,1-3H3/t51-,60?/m0/s1. The lowest BCUT2D eigenvalue weighted by atomic mass is 10.0. The summed E-state index contributed by atoms with van der Waals surface area (Å²) in [6, 6.07) is 19.6. The zero-order valence-electron chi connectivity index (χ0n) is 38.3. The Morgan fingerprint density at radius 2 is 1.03 bits per heavy atom. The summed E-state index contributed by atoms with van der Waals surface area (Å²) in [5, 5.41) is 3.28. The topological polar surface area (TPSA) is 94.2 Å². The minimum atomic E-state index is -1.37. The predicted octanol–water partition coefficient (Wildman–Crippen LogP) is 13.9. The van der Waals surface area contributed by atoms with Gasteiger partial charge in [0, 0.05) is 31.5 Å². The number of carbonyl (C=O) groups excluding carboxylic acids is 3. The van der Waals surface area contributed by atoms with E-state index in [-0.39, 0.29) is 24.3 Å². The molecule has 1 unspecified atom stereocenters. The molecule has 60 heavy (non-hydrogen) atoms. The largest absolute Gasteiger partial charge is 0.461 e. The Morgan fingerprint density at radius 3 is 1.55 bits per heavy atom. The maximum Gasteiger partial charge on any atom is 0.306 e. The van der Waals surface area contributed by atoms with Gasteiger partial charge in [-0.25, -0.2) is 0 Å². The summed E-state index contributed by atoms with van der Waals surface area (Å²) in [4.78, 5) is 38.6. The number of carbonyl (C=O) groups is 3. The Bertz CT molecular complexity index is 1310. The van der Waals surface area contributed by atoms with E-state index in [2.05, 4.69) is 30.8 Å². The quantitative estimate of drug-likeness (QED) is 0.0306. The minimum absolute atomic E-state index is 0.0203. The average Bonchev–Trinajstić information content (AvgIpc) is 3.26. The van der Waals surface area contributed by atoms with Crippen LogP contribution in [0.3, 0.4) is 0 Å². The van der Waals surface area contributed by atoms with Crippen molar-refractivity contribution in [2.24, 2.45) is 0 Å². The number of Topliss-reactive ketones (excluding diaryl/α,β-unsaturated/α-hetero) is 1. The van der Waals surface area contributed by atoms with Crippen LogP contribution in [0.2, 0.25) is 0 Å². The van der Waals surface area contributed by atoms with Crippen LogP contribution in [0.1, 0.15) is 204 Å². The molecule has 1 N–H and O–H groups in total. The van der Waals surface area contributed by atoms with E-state index < -0.39 is 14.1 Å². The van der Waals surface area contributed by atoms with Crippen molar-refractivity contribution >= 4 is 26.0 Å². The van der Waals surface area contributed by atoms with Crippen molar-refractivity contribution in [3.8, 4) is 0 Å². The van der Waals surface area contributed by atoms with Gasteiger partial charge < -0.3 is 19.3 Å². The average molecular weight is 853 g/mol. The number of esters is 2. The molecule has 9 heteroatoms. The SMILES string of the molecule is CCCCCCCCCCCCCCCC(=O)O[C@H](COC(=O)CCCCCCCCCCCNCC(=O)c1ccccc1)P(OCc1ccccc1)N(CCC)CCC. The Labute approximate surface area is 367 Å². The van der Waals surface area contributed by atoms with Crippen molar-refractivity contribution < 1.29 is 28.4 Å². The lowest BCUT2D eigenvalue weighted by Crippen LogP contribution is -2.32. The maximum atomic E-state index is 13.3. The van der Waals surface area contributed by atoms with Crippen molar-refractivity contribution in [2.45, 2.75) is 200 Å². The van der Waals surface area contributed by atoms with Crippen molar-refractivity contribution in [2.75, 3.05) is 32.8 Å². The highest BCUT2D eigenvalue weighted by molar-refractivity contribution is 7.50. The van der Waals surface area contributed by atoms with Crippen molar-refractivity contribution in [3.63, 3.8) is 0 Å². The zero-order valence-corrected chi connectivity index (χ0v) is 39.2. The molecule has 0 aromatic heterocycles. The monoisotopic (exact) mass is 853 g/mol. The van der Waals surface area contributed by atoms with Crippen LogP contribution in [-0.4, -0.2) is 61.0 Å². The molecule has 0 aliphatic rings. The molecule has 0 saturated heterocycles. The molecule has 0 bridgehead atoms. The van der Waals surface area contributed by atoms with Gasteiger partial charge in [0.2, 0.25) is 0 Å². The predicted molar refractivity (Wildman–Crippen MR) is 251 cm³/mol. The van der Waals surface area contributed by atoms with Crippen molar-refractivity contribution in [3.05, 3.63) is 71.8 Å². The maximum absolute atomic E-state index is 13.3. The van der Waals surface area contributed by atoms with Gasteiger partial charge in [-0.15, -0.1) is 0 Å². The molecule has 0 aliphatic heterocycles. The van der Waals surface area contributed by atoms with Crippen LogP contribution in [0, 0.1) is 0 Å². The lowest BCUT2D eigenvalue weighted by Gasteiger charge is -2.35. The second-order valence-electron chi connectivity index (χ2n) is 16.5. The van der Waals surface area contributed by atoms with Crippen LogP contribution in [0.4, 0.5) is 0 Å². The van der Waals surface area contributed by atoms with E-state index in [0.29, 0.717) is 26.0 Å². The summed E-state index contributed by atoms with van der Waals surface area (Å²) >= 11 is 0. The smallest absolute Gasteiger partial charge is 0.306 e. The van der Waals surface area contributed by atoms with Gasteiger partial charge in [0.05, 0.1) is 13.2 Å². The highest BCUT2D eigenvalue weighted by Crippen LogP contribution is 2.48. The van der Waals surface area contributed by atoms with Crippen LogP contribution < -0.4 is 5.32 Å². The van der Waals surface area contributed by atoms with Gasteiger partial charge in [0.15, 0.2) is 19.9 Å². The summed E-state index contributed by atoms with van der Waals surface area (Å²) in [5.74, 6) is -0.964. The van der Waals surface area contributed by atoms with E-state index in [9.17, 15) is 14.4 Å². The number of ketones is 1. The lowest BCUT2D eigenvalue weighted by molar-refractivity contribution is -0.155. The molecule has 0 aliphatic carbocycles. The van der Waals surface area contributed by atoms with E-state index in [1.165, 1.54) is 96.3 Å². The number of nitrogens with zero attached hydrogens (tertiary/aromatic N) is 1. The van der Waals surface area contributed by atoms with E-state index in [4.69, 9.17) is 14.0 Å². The molecule has 0 saturated carbocycles. The molecule has 0 heterocycles. The third kappa shape index (κ3) is 28.1. The molecule has 340 valence electrons. The fraction of sp³-hybridized carbons (Fsp3) is 0.706. The Morgan fingerprint density at radius 1 is 0.567 bits per heavy atom. The summed E-state index contributed by atoms with van der Waals surface area (Å²) in [6.45, 7) is 9.92. The molecular formula is C51H85N2O6P. The Kier molecular flexibility index (Phi) is 33.9. The van der Waals surface area contributed by atoms with Crippen LogP contribution in [-0.2, 0) is 30.2 Å². The van der Waals surface area contributed by atoms with Crippen LogP contribution >= 0.6 is 8.30 Å². The molecule has 0 amide bonds. The highest BCUT2D eigenvalue weighted by Gasteiger charge is 2.33. The molecule has 0 spiro atoms. The first-order valence-electron chi connectivity index (χ1n) is 24.3. The summed E-state index contributed by atoms with van der Waals surface area (Å²) in [5.41, 5.74) is 1.83. The molecule has 2 aromatic carbocycles. The van der Waals surface area contributed by atoms with Crippen LogP contribution in [0.25, 0.3) is 0 Å². The summed E-state index contributed by atoms with van der Waals surface area (Å²) in [7, 11) is -1.37. The third-order valence-corrected chi connectivity index (χ3v) is 13.0. The van der Waals surface area contributed by atoms with E-state index in [1.807, 2.05) is 60.7 Å². The fourth-order valence-electron chi connectivity index (χ4n) is 7.45. The number of nitrogens with one attached hydrogen (secondary N) is 1. The fourth-order valence-corrected chi connectivity index (χ4v) is 9.63. The number of hydrogen-bond donors (Lipinski definition) is 1. The van der Waals surface area contributed by atoms with Gasteiger partial charge >= 0.3 is 11.9 Å². The second-order valence-corrected chi connectivity index (χ2v) is 18.5. The van der Waals surface area contributed by atoms with Gasteiger partial charge in [-0.2, -0.15) is 0 Å². The van der Waals surface area contributed by atoms with Crippen LogP contribution in [0.15, 0.2) is 60.7 Å². The number of hydrogen-bond acceptors (Lipinski definition) is 8. The first kappa shape index (κ1) is 53.5. The number of ether oxygens (including phenoxy) is 2. The number of benzene rings is 2. The van der Waals surface area contributed by atoms with Crippen molar-refractivity contribution in [1.82, 2.24) is 9.99 Å².